The van der Waals surface area contributed by atoms with E-state index in [1.54, 1.807) is 36.1 Å². The predicted molar refractivity (Wildman–Crippen MR) is 159 cm³/mol. The van der Waals surface area contributed by atoms with E-state index in [1.807, 2.05) is 0 Å². The van der Waals surface area contributed by atoms with Gasteiger partial charge in [-0.1, -0.05) is 35.9 Å². The first kappa shape index (κ1) is 31.8. The predicted octanol–water partition coefficient (Wildman–Crippen LogP) is 6.95. The monoisotopic (exact) mass is 652 g/mol. The molecule has 1 fully saturated rings. The minimum absolute atomic E-state index is 0.101. The van der Waals surface area contributed by atoms with Crippen LogP contribution in [0.2, 0.25) is 5.02 Å². The van der Waals surface area contributed by atoms with E-state index in [0.29, 0.717) is 36.7 Å². The Kier molecular flexibility index (Phi) is 8.97. The van der Waals surface area contributed by atoms with Gasteiger partial charge in [-0.2, -0.15) is 13.2 Å². The van der Waals surface area contributed by atoms with Crippen LogP contribution in [0.15, 0.2) is 65.6 Å². The number of hydrogen-bond donors (Lipinski definition) is 1. The van der Waals surface area contributed by atoms with Gasteiger partial charge in [0.15, 0.2) is 0 Å². The van der Waals surface area contributed by atoms with E-state index in [1.165, 1.54) is 18.2 Å². The van der Waals surface area contributed by atoms with Gasteiger partial charge in [0, 0.05) is 12.1 Å². The van der Waals surface area contributed by atoms with Crippen molar-refractivity contribution in [2.45, 2.75) is 49.4 Å². The van der Waals surface area contributed by atoms with Crippen molar-refractivity contribution in [3.8, 4) is 5.75 Å². The molecule has 1 N–H and O–H groups in total. The number of fused-ring (bicyclic) bond motifs is 1. The lowest BCUT2D eigenvalue weighted by Gasteiger charge is -2.36. The van der Waals surface area contributed by atoms with Crippen LogP contribution in [-0.2, 0) is 21.0 Å². The maximum absolute atomic E-state index is 14.5. The van der Waals surface area contributed by atoms with Gasteiger partial charge in [0.25, 0.3) is 10.0 Å². The average Bonchev–Trinajstić information content (AvgIpc) is 3.44. The first-order valence-electron chi connectivity index (χ1n) is 13.9. The van der Waals surface area contributed by atoms with Crippen molar-refractivity contribution in [2.24, 2.45) is 0 Å². The van der Waals surface area contributed by atoms with Crippen molar-refractivity contribution in [1.29, 1.82) is 0 Å². The molecule has 0 amide bonds. The van der Waals surface area contributed by atoms with Crippen LogP contribution in [-0.4, -0.2) is 56.2 Å². The molecule has 234 valence electrons. The molecule has 44 heavy (non-hydrogen) atoms. The summed E-state index contributed by atoms with van der Waals surface area (Å²) >= 11 is 6.22. The standard InChI is InChI=1S/C31H29ClF4N2O5S/c1-19(29-24(32)7-3-8-25(29)33)15-20-10-11-28-27(16-20)38(44(41,42)23-6-2-5-21(17-23)31(34,35)36)18-22(43-28)12-14-37-13-4-9-26(37)30(39)40/h2-3,5-8,10-11,15-17,22,26H,4,9,12-14,18H2,1H3,(H,39,40)/t22-,26-/m0/s1. The lowest BCUT2D eigenvalue weighted by molar-refractivity contribution is -0.142. The fourth-order valence-electron chi connectivity index (χ4n) is 5.64. The summed E-state index contributed by atoms with van der Waals surface area (Å²) in [7, 11) is -4.52. The molecule has 5 rings (SSSR count). The normalized spacial score (nSPS) is 19.5. The zero-order valence-corrected chi connectivity index (χ0v) is 25.1. The third kappa shape index (κ3) is 6.57. The van der Waals surface area contributed by atoms with Crippen molar-refractivity contribution >= 4 is 44.9 Å². The summed E-state index contributed by atoms with van der Waals surface area (Å²) in [5.74, 6) is -1.28. The number of anilines is 1. The van der Waals surface area contributed by atoms with Crippen LogP contribution in [0, 0.1) is 5.82 Å². The SMILES string of the molecule is CC(=Cc1ccc2c(c1)N(S(=O)(=O)c1cccc(C(F)(F)F)c1)C[C@H](CCN1CCC[C@H]1C(=O)O)O2)c1c(F)cccc1Cl. The number of aliphatic carboxylic acids is 1. The second-order valence-electron chi connectivity index (χ2n) is 10.8. The Balaban J connectivity index is 1.52. The lowest BCUT2D eigenvalue weighted by atomic mass is 10.0. The first-order valence-corrected chi connectivity index (χ1v) is 15.7. The van der Waals surface area contributed by atoms with E-state index in [0.717, 1.165) is 28.9 Å². The van der Waals surface area contributed by atoms with E-state index < -0.39 is 50.6 Å². The van der Waals surface area contributed by atoms with Crippen LogP contribution in [0.5, 0.6) is 5.75 Å². The van der Waals surface area contributed by atoms with Crippen LogP contribution in [0.1, 0.15) is 42.9 Å². The Morgan fingerprint density at radius 1 is 1.14 bits per heavy atom. The molecule has 0 unspecified atom stereocenters. The van der Waals surface area contributed by atoms with Crippen LogP contribution in [0.4, 0.5) is 23.2 Å². The minimum atomic E-state index is -4.75. The van der Waals surface area contributed by atoms with E-state index in [-0.39, 0.29) is 35.0 Å². The van der Waals surface area contributed by atoms with Gasteiger partial charge in [0.2, 0.25) is 0 Å². The topological polar surface area (TPSA) is 87.2 Å². The molecule has 0 saturated carbocycles. The molecule has 0 bridgehead atoms. The lowest BCUT2D eigenvalue weighted by Crippen LogP contribution is -2.45. The number of nitrogens with zero attached hydrogens (tertiary/aromatic N) is 2. The second-order valence-corrected chi connectivity index (χ2v) is 13.0. The van der Waals surface area contributed by atoms with Gasteiger partial charge in [0.1, 0.15) is 23.7 Å². The fraction of sp³-hybridized carbons (Fsp3) is 0.323. The van der Waals surface area contributed by atoms with Crippen molar-refractivity contribution in [3.05, 3.63) is 88.2 Å². The first-order chi connectivity index (χ1) is 20.8. The maximum atomic E-state index is 14.5. The number of allylic oxidation sites excluding steroid dienone is 1. The highest BCUT2D eigenvalue weighted by molar-refractivity contribution is 7.92. The Hall–Kier alpha value is -3.61. The number of sulfonamides is 1. The summed E-state index contributed by atoms with van der Waals surface area (Å²) in [6, 6.07) is 11.9. The molecular formula is C31H29ClF4N2O5S. The molecule has 0 aromatic heterocycles. The Morgan fingerprint density at radius 3 is 2.59 bits per heavy atom. The molecule has 1 saturated heterocycles. The van der Waals surface area contributed by atoms with Crippen molar-refractivity contribution < 1.29 is 40.6 Å². The number of likely N-dealkylation sites (tertiary alicyclic amines) is 1. The molecule has 0 aliphatic carbocycles. The van der Waals surface area contributed by atoms with E-state index >= 15 is 0 Å². The number of halogens is 5. The molecule has 3 aromatic carbocycles. The number of rotatable bonds is 8. The van der Waals surface area contributed by atoms with Crippen LogP contribution < -0.4 is 9.04 Å². The summed E-state index contributed by atoms with van der Waals surface area (Å²) < 4.78 is 90.1. The van der Waals surface area contributed by atoms with Gasteiger partial charge in [-0.05, 0) is 86.3 Å². The van der Waals surface area contributed by atoms with Crippen molar-refractivity contribution in [2.75, 3.05) is 23.9 Å². The van der Waals surface area contributed by atoms with Gasteiger partial charge in [0.05, 0.1) is 27.7 Å². The molecule has 13 heteroatoms. The zero-order chi connectivity index (χ0) is 31.8. The number of alkyl halides is 3. The smallest absolute Gasteiger partial charge is 0.416 e. The Morgan fingerprint density at radius 2 is 1.89 bits per heavy atom. The largest absolute Gasteiger partial charge is 0.486 e. The molecule has 2 aliphatic rings. The Labute approximate surface area is 257 Å². The maximum Gasteiger partial charge on any atom is 0.416 e. The molecular weight excluding hydrogens is 624 g/mol. The van der Waals surface area contributed by atoms with Gasteiger partial charge < -0.3 is 9.84 Å². The van der Waals surface area contributed by atoms with E-state index in [2.05, 4.69) is 0 Å². The molecule has 0 spiro atoms. The summed E-state index contributed by atoms with van der Waals surface area (Å²) in [5.41, 5.74) is 0.121. The highest BCUT2D eigenvalue weighted by Gasteiger charge is 2.38. The molecule has 7 nitrogen and oxygen atoms in total. The van der Waals surface area contributed by atoms with Gasteiger partial charge >= 0.3 is 12.1 Å². The van der Waals surface area contributed by atoms with Crippen LogP contribution in [0.25, 0.3) is 11.6 Å². The summed E-state index contributed by atoms with van der Waals surface area (Å²) in [6.45, 7) is 2.34. The fourth-order valence-corrected chi connectivity index (χ4v) is 7.49. The van der Waals surface area contributed by atoms with Crippen molar-refractivity contribution in [3.63, 3.8) is 0 Å². The van der Waals surface area contributed by atoms with Gasteiger partial charge in [-0.3, -0.25) is 14.0 Å². The van der Waals surface area contributed by atoms with Crippen LogP contribution in [0.3, 0.4) is 0 Å². The number of carboxylic acid groups (broad SMARTS) is 1. The molecule has 2 atom stereocenters. The number of hydrogen-bond acceptors (Lipinski definition) is 5. The van der Waals surface area contributed by atoms with Gasteiger partial charge in [-0.25, -0.2) is 12.8 Å². The minimum Gasteiger partial charge on any atom is -0.486 e. The van der Waals surface area contributed by atoms with Crippen molar-refractivity contribution in [1.82, 2.24) is 4.90 Å². The molecule has 0 radical (unpaired) electrons. The molecule has 3 aromatic rings. The zero-order valence-electron chi connectivity index (χ0n) is 23.5. The second kappa shape index (κ2) is 12.4. The quantitative estimate of drug-likeness (QED) is 0.209. The molecule has 2 aliphatic heterocycles. The van der Waals surface area contributed by atoms with Gasteiger partial charge in [-0.15, -0.1) is 0 Å². The van der Waals surface area contributed by atoms with Crippen LogP contribution >= 0.6 is 11.6 Å². The average molecular weight is 653 g/mol. The number of benzene rings is 3. The highest BCUT2D eigenvalue weighted by atomic mass is 35.5. The van der Waals surface area contributed by atoms with E-state index in [4.69, 9.17) is 16.3 Å². The number of carboxylic acids is 1. The summed E-state index contributed by atoms with van der Waals surface area (Å²) in [4.78, 5) is 12.9. The molecule has 2 heterocycles. The third-order valence-electron chi connectivity index (χ3n) is 7.79. The Bertz CT molecular complexity index is 1690. The number of ether oxygens (including phenoxy) is 1. The number of carbonyl (C=O) groups is 1. The summed E-state index contributed by atoms with van der Waals surface area (Å²) in [5, 5.41) is 9.72. The third-order valence-corrected chi connectivity index (χ3v) is 9.88. The highest BCUT2D eigenvalue weighted by Crippen LogP contribution is 2.40. The summed E-state index contributed by atoms with van der Waals surface area (Å²) in [6.07, 6.45) is -2.34. The van der Waals surface area contributed by atoms with E-state index in [9.17, 15) is 35.9 Å².